The lowest BCUT2D eigenvalue weighted by molar-refractivity contribution is 0.739. The summed E-state index contributed by atoms with van der Waals surface area (Å²) in [5.74, 6) is 0.616. The number of hydrogen-bond acceptors (Lipinski definition) is 4. The topological polar surface area (TPSA) is 55.4 Å². The molecular weight excluding hydrogens is 214 g/mol. The zero-order chi connectivity index (χ0) is 12.4. The van der Waals surface area contributed by atoms with E-state index in [2.05, 4.69) is 20.3 Å². The van der Waals surface area contributed by atoms with Gasteiger partial charge >= 0.3 is 0 Å². The number of nitrogens with zero attached hydrogens (tertiary/aromatic N) is 5. The number of hydrogen-bond donors (Lipinski definition) is 0. The van der Waals surface area contributed by atoms with Gasteiger partial charge in [-0.05, 0) is 32.9 Å². The molecule has 2 aromatic heterocycles. The summed E-state index contributed by atoms with van der Waals surface area (Å²) in [5.41, 5.74) is 3.69. The van der Waals surface area contributed by atoms with Gasteiger partial charge in [0.15, 0.2) is 5.82 Å². The quantitative estimate of drug-likeness (QED) is 0.743. The molecule has 2 rings (SSSR count). The van der Waals surface area contributed by atoms with E-state index in [-0.39, 0.29) is 0 Å². The molecule has 0 aliphatic rings. The van der Waals surface area contributed by atoms with E-state index in [1.54, 1.807) is 4.68 Å². The Morgan fingerprint density at radius 3 is 2.47 bits per heavy atom. The molecule has 2 aromatic rings. The maximum Gasteiger partial charge on any atom is 0.195 e. The Labute approximate surface area is 100 Å². The fourth-order valence-electron chi connectivity index (χ4n) is 1.48. The lowest BCUT2D eigenvalue weighted by Gasteiger charge is -1.98. The maximum absolute atomic E-state index is 4.33. The van der Waals surface area contributed by atoms with Crippen molar-refractivity contribution in [1.29, 1.82) is 0 Å². The molecular formula is C12H15N5. The van der Waals surface area contributed by atoms with E-state index >= 15 is 0 Å². The molecule has 17 heavy (non-hydrogen) atoms. The van der Waals surface area contributed by atoms with Crippen molar-refractivity contribution < 1.29 is 0 Å². The van der Waals surface area contributed by atoms with Crippen LogP contribution in [0.4, 0.5) is 11.5 Å². The molecule has 0 unspecified atom stereocenters. The Kier molecular flexibility index (Phi) is 2.99. The third-order valence-corrected chi connectivity index (χ3v) is 2.56. The van der Waals surface area contributed by atoms with Crippen LogP contribution in [0.2, 0.25) is 0 Å². The van der Waals surface area contributed by atoms with E-state index in [1.165, 1.54) is 0 Å². The van der Waals surface area contributed by atoms with E-state index in [4.69, 9.17) is 0 Å². The molecule has 88 valence electrons. The smallest absolute Gasteiger partial charge is 0.195 e. The molecule has 2 heterocycles. The normalized spacial score (nSPS) is 11.3. The van der Waals surface area contributed by atoms with Gasteiger partial charge in [0, 0.05) is 24.5 Å². The van der Waals surface area contributed by atoms with Crippen LogP contribution in [-0.4, -0.2) is 14.8 Å². The summed E-state index contributed by atoms with van der Waals surface area (Å²) in [7, 11) is 1.88. The first-order valence-corrected chi connectivity index (χ1v) is 5.43. The second-order valence-electron chi connectivity index (χ2n) is 4.02. The summed E-state index contributed by atoms with van der Waals surface area (Å²) in [6, 6.07) is 5.72. The van der Waals surface area contributed by atoms with Gasteiger partial charge in [0.25, 0.3) is 0 Å². The molecule has 0 spiro atoms. The number of rotatable bonds is 2. The highest BCUT2D eigenvalue weighted by molar-refractivity contribution is 5.41. The van der Waals surface area contributed by atoms with Gasteiger partial charge in [-0.2, -0.15) is 5.10 Å². The number of aromatic nitrogens is 3. The summed E-state index contributed by atoms with van der Waals surface area (Å²) in [4.78, 5) is 4.33. The van der Waals surface area contributed by atoms with Crippen LogP contribution in [0.15, 0.2) is 28.4 Å². The SMILES string of the molecule is Cc1ccc(N=Nc2cc(C)n(C)n2)c(C)n1. The first-order chi connectivity index (χ1) is 8.06. The second-order valence-corrected chi connectivity index (χ2v) is 4.02. The number of azo groups is 1. The Bertz CT molecular complexity index is 549. The van der Waals surface area contributed by atoms with Crippen LogP contribution in [0, 0.1) is 20.8 Å². The van der Waals surface area contributed by atoms with Crippen molar-refractivity contribution in [3.05, 3.63) is 35.3 Å². The van der Waals surface area contributed by atoms with Crippen LogP contribution < -0.4 is 0 Å². The first kappa shape index (κ1) is 11.4. The standard InChI is InChI=1S/C12H15N5/c1-8-5-6-11(10(3)13-8)14-15-12-7-9(2)17(4)16-12/h5-7H,1-4H3. The average molecular weight is 229 g/mol. The molecule has 0 fully saturated rings. The minimum atomic E-state index is 0.616. The lowest BCUT2D eigenvalue weighted by atomic mass is 10.3. The predicted molar refractivity (Wildman–Crippen MR) is 65.8 cm³/mol. The third kappa shape index (κ3) is 2.55. The highest BCUT2D eigenvalue weighted by Crippen LogP contribution is 2.20. The highest BCUT2D eigenvalue weighted by Gasteiger charge is 2.01. The van der Waals surface area contributed by atoms with Crippen LogP contribution in [-0.2, 0) is 7.05 Å². The van der Waals surface area contributed by atoms with Crippen molar-refractivity contribution in [3.8, 4) is 0 Å². The Morgan fingerprint density at radius 1 is 1.12 bits per heavy atom. The second kappa shape index (κ2) is 4.45. The maximum atomic E-state index is 4.33. The lowest BCUT2D eigenvalue weighted by Crippen LogP contribution is -1.91. The van der Waals surface area contributed by atoms with E-state index in [9.17, 15) is 0 Å². The average Bonchev–Trinajstić information content (AvgIpc) is 2.57. The monoisotopic (exact) mass is 229 g/mol. The fraction of sp³-hybridized carbons (Fsp3) is 0.333. The minimum Gasteiger partial charge on any atom is -0.271 e. The summed E-state index contributed by atoms with van der Waals surface area (Å²) < 4.78 is 1.77. The largest absolute Gasteiger partial charge is 0.271 e. The fourth-order valence-corrected chi connectivity index (χ4v) is 1.48. The molecule has 0 amide bonds. The van der Waals surface area contributed by atoms with Gasteiger partial charge < -0.3 is 0 Å². The van der Waals surface area contributed by atoms with Crippen molar-refractivity contribution in [2.75, 3.05) is 0 Å². The van der Waals surface area contributed by atoms with Gasteiger partial charge in [-0.25, -0.2) is 0 Å². The molecule has 5 nitrogen and oxygen atoms in total. The molecule has 0 N–H and O–H groups in total. The van der Waals surface area contributed by atoms with Crippen LogP contribution >= 0.6 is 0 Å². The zero-order valence-corrected chi connectivity index (χ0v) is 10.5. The van der Waals surface area contributed by atoms with Gasteiger partial charge in [-0.15, -0.1) is 10.2 Å². The molecule has 0 aromatic carbocycles. The van der Waals surface area contributed by atoms with Gasteiger partial charge in [0.2, 0.25) is 0 Å². The van der Waals surface area contributed by atoms with Crippen molar-refractivity contribution >= 4 is 11.5 Å². The molecule has 0 radical (unpaired) electrons. The van der Waals surface area contributed by atoms with Crippen LogP contribution in [0.3, 0.4) is 0 Å². The third-order valence-electron chi connectivity index (χ3n) is 2.56. The van der Waals surface area contributed by atoms with E-state index < -0.39 is 0 Å². The molecule has 0 saturated carbocycles. The predicted octanol–water partition coefficient (Wildman–Crippen LogP) is 3.16. The molecule has 0 aliphatic heterocycles. The minimum absolute atomic E-state index is 0.616. The summed E-state index contributed by atoms with van der Waals surface area (Å²) in [6.07, 6.45) is 0. The Hall–Kier alpha value is -2.04. The summed E-state index contributed by atoms with van der Waals surface area (Å²) >= 11 is 0. The van der Waals surface area contributed by atoms with Gasteiger partial charge in [-0.3, -0.25) is 9.67 Å². The molecule has 0 atom stereocenters. The summed E-state index contributed by atoms with van der Waals surface area (Å²) in [6.45, 7) is 5.85. The zero-order valence-electron chi connectivity index (χ0n) is 10.5. The highest BCUT2D eigenvalue weighted by atomic mass is 15.3. The van der Waals surface area contributed by atoms with Crippen molar-refractivity contribution in [2.24, 2.45) is 17.3 Å². The van der Waals surface area contributed by atoms with E-state index in [0.29, 0.717) is 5.82 Å². The molecule has 0 saturated heterocycles. The van der Waals surface area contributed by atoms with Crippen molar-refractivity contribution in [3.63, 3.8) is 0 Å². The Balaban J connectivity index is 2.25. The van der Waals surface area contributed by atoms with Crippen molar-refractivity contribution in [1.82, 2.24) is 14.8 Å². The number of aryl methyl sites for hydroxylation is 4. The van der Waals surface area contributed by atoms with Crippen LogP contribution in [0.25, 0.3) is 0 Å². The van der Waals surface area contributed by atoms with Crippen molar-refractivity contribution in [2.45, 2.75) is 20.8 Å². The Morgan fingerprint density at radius 2 is 1.88 bits per heavy atom. The molecule has 5 heteroatoms. The van der Waals surface area contributed by atoms with E-state index in [0.717, 1.165) is 22.8 Å². The molecule has 0 bridgehead atoms. The van der Waals surface area contributed by atoms with E-state index in [1.807, 2.05) is 46.0 Å². The number of pyridine rings is 1. The first-order valence-electron chi connectivity index (χ1n) is 5.43. The van der Waals surface area contributed by atoms with Crippen LogP contribution in [0.5, 0.6) is 0 Å². The van der Waals surface area contributed by atoms with Gasteiger partial charge in [0.1, 0.15) is 5.69 Å². The van der Waals surface area contributed by atoms with Gasteiger partial charge in [-0.1, -0.05) is 0 Å². The van der Waals surface area contributed by atoms with Crippen LogP contribution in [0.1, 0.15) is 17.1 Å². The summed E-state index contributed by atoms with van der Waals surface area (Å²) in [5, 5.41) is 12.5. The molecule has 0 aliphatic carbocycles. The van der Waals surface area contributed by atoms with Gasteiger partial charge in [0.05, 0.1) is 5.69 Å².